The molecule has 2 rings (SSSR count). The summed E-state index contributed by atoms with van der Waals surface area (Å²) in [5.74, 6) is 1.87. The number of likely N-dealkylation sites (tertiary alicyclic amines) is 1. The maximum absolute atomic E-state index is 5.63. The van der Waals surface area contributed by atoms with Crippen molar-refractivity contribution in [3.63, 3.8) is 0 Å². The van der Waals surface area contributed by atoms with Gasteiger partial charge in [-0.15, -0.1) is 0 Å². The van der Waals surface area contributed by atoms with Gasteiger partial charge in [0.1, 0.15) is 5.76 Å². The monoisotopic (exact) mass is 236 g/mol. The molecule has 1 aliphatic rings. The van der Waals surface area contributed by atoms with Gasteiger partial charge in [0.15, 0.2) is 0 Å². The number of hydrogen-bond donors (Lipinski definition) is 1. The molecular weight excluding hydrogens is 212 g/mol. The second-order valence-electron chi connectivity index (χ2n) is 5.32. The number of nitrogens with one attached hydrogen (secondary N) is 1. The summed E-state index contributed by atoms with van der Waals surface area (Å²) in [7, 11) is 1.98. The van der Waals surface area contributed by atoms with Gasteiger partial charge in [-0.25, -0.2) is 0 Å². The normalized spacial score (nSPS) is 21.5. The third-order valence-corrected chi connectivity index (χ3v) is 3.74. The first-order valence-electron chi connectivity index (χ1n) is 6.66. The SMILES string of the molecule is CNCc1ccoc1CN1CCCC1C(C)C. The fraction of sp³-hybridized carbons (Fsp3) is 0.714. The van der Waals surface area contributed by atoms with E-state index in [4.69, 9.17) is 4.42 Å². The molecule has 1 saturated heterocycles. The topological polar surface area (TPSA) is 28.4 Å². The Kier molecular flexibility index (Phi) is 4.24. The summed E-state index contributed by atoms with van der Waals surface area (Å²) < 4.78 is 5.63. The first-order valence-corrected chi connectivity index (χ1v) is 6.66. The van der Waals surface area contributed by atoms with Gasteiger partial charge >= 0.3 is 0 Å². The number of furan rings is 1. The van der Waals surface area contributed by atoms with Crippen LogP contribution < -0.4 is 5.32 Å². The van der Waals surface area contributed by atoms with Crippen molar-refractivity contribution >= 4 is 0 Å². The Morgan fingerprint density at radius 3 is 3.06 bits per heavy atom. The third-order valence-electron chi connectivity index (χ3n) is 3.74. The molecule has 1 N–H and O–H groups in total. The molecule has 0 aliphatic carbocycles. The van der Waals surface area contributed by atoms with E-state index in [1.165, 1.54) is 24.9 Å². The Balaban J connectivity index is 2.02. The Labute approximate surface area is 104 Å². The number of rotatable bonds is 5. The summed E-state index contributed by atoms with van der Waals surface area (Å²) in [6.07, 6.45) is 4.47. The van der Waals surface area contributed by atoms with Crippen LogP contribution in [0.5, 0.6) is 0 Å². The molecule has 1 aromatic heterocycles. The number of nitrogens with zero attached hydrogens (tertiary/aromatic N) is 1. The Morgan fingerprint density at radius 2 is 2.35 bits per heavy atom. The number of hydrogen-bond acceptors (Lipinski definition) is 3. The van der Waals surface area contributed by atoms with Gasteiger partial charge in [0.05, 0.1) is 12.8 Å². The van der Waals surface area contributed by atoms with E-state index in [1.54, 1.807) is 0 Å². The molecule has 0 amide bonds. The van der Waals surface area contributed by atoms with Crippen LogP contribution >= 0.6 is 0 Å². The molecular formula is C14H24N2O. The van der Waals surface area contributed by atoms with E-state index >= 15 is 0 Å². The van der Waals surface area contributed by atoms with Crippen LogP contribution in [0.2, 0.25) is 0 Å². The average molecular weight is 236 g/mol. The first-order chi connectivity index (χ1) is 8.22. The Hall–Kier alpha value is -0.800. The van der Waals surface area contributed by atoms with E-state index in [0.717, 1.165) is 30.8 Å². The minimum Gasteiger partial charge on any atom is -0.468 e. The molecule has 1 atom stereocenters. The van der Waals surface area contributed by atoms with Crippen LogP contribution in [0.25, 0.3) is 0 Å². The zero-order valence-corrected chi connectivity index (χ0v) is 11.2. The molecule has 3 nitrogen and oxygen atoms in total. The van der Waals surface area contributed by atoms with E-state index in [9.17, 15) is 0 Å². The maximum atomic E-state index is 5.63. The van der Waals surface area contributed by atoms with Crippen molar-refractivity contribution < 1.29 is 4.42 Å². The lowest BCUT2D eigenvalue weighted by atomic mass is 10.0. The van der Waals surface area contributed by atoms with E-state index in [2.05, 4.69) is 30.1 Å². The third kappa shape index (κ3) is 2.90. The minimum atomic E-state index is 0.725. The molecule has 2 heterocycles. The van der Waals surface area contributed by atoms with Crippen LogP contribution in [0.15, 0.2) is 16.7 Å². The van der Waals surface area contributed by atoms with Gasteiger partial charge < -0.3 is 9.73 Å². The lowest BCUT2D eigenvalue weighted by Crippen LogP contribution is -2.33. The highest BCUT2D eigenvalue weighted by Crippen LogP contribution is 2.26. The molecule has 0 bridgehead atoms. The molecule has 3 heteroatoms. The van der Waals surface area contributed by atoms with Gasteiger partial charge in [0, 0.05) is 18.2 Å². The van der Waals surface area contributed by atoms with E-state index in [1.807, 2.05) is 13.3 Å². The zero-order valence-electron chi connectivity index (χ0n) is 11.2. The Bertz CT molecular complexity index is 346. The van der Waals surface area contributed by atoms with Crippen molar-refractivity contribution in [2.75, 3.05) is 13.6 Å². The molecule has 17 heavy (non-hydrogen) atoms. The highest BCUT2D eigenvalue weighted by molar-refractivity contribution is 5.17. The van der Waals surface area contributed by atoms with Crippen LogP contribution in [0.4, 0.5) is 0 Å². The van der Waals surface area contributed by atoms with E-state index in [-0.39, 0.29) is 0 Å². The summed E-state index contributed by atoms with van der Waals surface area (Å²) in [6.45, 7) is 7.71. The molecule has 1 aliphatic heterocycles. The Morgan fingerprint density at radius 1 is 1.53 bits per heavy atom. The summed E-state index contributed by atoms with van der Waals surface area (Å²) in [5, 5.41) is 3.19. The molecule has 0 saturated carbocycles. The summed E-state index contributed by atoms with van der Waals surface area (Å²) in [5.41, 5.74) is 1.29. The van der Waals surface area contributed by atoms with E-state index in [0.29, 0.717) is 0 Å². The lowest BCUT2D eigenvalue weighted by molar-refractivity contribution is 0.184. The summed E-state index contributed by atoms with van der Waals surface area (Å²) >= 11 is 0. The van der Waals surface area contributed by atoms with Crippen molar-refractivity contribution in [1.29, 1.82) is 0 Å². The van der Waals surface area contributed by atoms with Gasteiger partial charge in [-0.05, 0) is 38.4 Å². The van der Waals surface area contributed by atoms with Gasteiger partial charge in [-0.1, -0.05) is 13.8 Å². The van der Waals surface area contributed by atoms with E-state index < -0.39 is 0 Å². The fourth-order valence-corrected chi connectivity index (χ4v) is 2.84. The second-order valence-corrected chi connectivity index (χ2v) is 5.32. The molecule has 0 radical (unpaired) electrons. The van der Waals surface area contributed by atoms with Crippen molar-refractivity contribution in [3.05, 3.63) is 23.7 Å². The van der Waals surface area contributed by atoms with Crippen LogP contribution in [0, 0.1) is 5.92 Å². The van der Waals surface area contributed by atoms with Crippen molar-refractivity contribution in [2.24, 2.45) is 5.92 Å². The second kappa shape index (κ2) is 5.69. The van der Waals surface area contributed by atoms with Crippen LogP contribution in [-0.2, 0) is 13.1 Å². The van der Waals surface area contributed by atoms with Crippen molar-refractivity contribution in [1.82, 2.24) is 10.2 Å². The standard InChI is InChI=1S/C14H24N2O/c1-11(2)13-5-4-7-16(13)10-14-12(9-15-3)6-8-17-14/h6,8,11,13,15H,4-5,7,9-10H2,1-3H3. The van der Waals surface area contributed by atoms with Crippen molar-refractivity contribution in [3.8, 4) is 0 Å². The quantitative estimate of drug-likeness (QED) is 0.852. The predicted octanol–water partition coefficient (Wildman–Crippen LogP) is 2.62. The molecule has 1 aromatic rings. The lowest BCUT2D eigenvalue weighted by Gasteiger charge is -2.26. The van der Waals surface area contributed by atoms with Gasteiger partial charge in [-0.2, -0.15) is 0 Å². The largest absolute Gasteiger partial charge is 0.468 e. The molecule has 96 valence electrons. The molecule has 0 aromatic carbocycles. The van der Waals surface area contributed by atoms with Gasteiger partial charge in [0.25, 0.3) is 0 Å². The van der Waals surface area contributed by atoms with Crippen LogP contribution in [-0.4, -0.2) is 24.5 Å². The minimum absolute atomic E-state index is 0.725. The van der Waals surface area contributed by atoms with Crippen LogP contribution in [0.1, 0.15) is 38.0 Å². The summed E-state index contributed by atoms with van der Waals surface area (Å²) in [4.78, 5) is 2.57. The highest BCUT2D eigenvalue weighted by atomic mass is 16.3. The van der Waals surface area contributed by atoms with Gasteiger partial charge in [-0.3, -0.25) is 4.90 Å². The fourth-order valence-electron chi connectivity index (χ4n) is 2.84. The average Bonchev–Trinajstić information content (AvgIpc) is 2.89. The molecule has 0 spiro atoms. The van der Waals surface area contributed by atoms with Crippen molar-refractivity contribution in [2.45, 2.75) is 45.8 Å². The molecule has 1 fully saturated rings. The zero-order chi connectivity index (χ0) is 12.3. The predicted molar refractivity (Wildman–Crippen MR) is 69.7 cm³/mol. The van der Waals surface area contributed by atoms with Gasteiger partial charge in [0.2, 0.25) is 0 Å². The first kappa shape index (κ1) is 12.7. The molecule has 1 unspecified atom stereocenters. The smallest absolute Gasteiger partial charge is 0.122 e. The highest BCUT2D eigenvalue weighted by Gasteiger charge is 2.28. The summed E-state index contributed by atoms with van der Waals surface area (Å²) in [6, 6.07) is 2.80. The maximum Gasteiger partial charge on any atom is 0.122 e. The van der Waals surface area contributed by atoms with Crippen LogP contribution in [0.3, 0.4) is 0 Å².